The van der Waals surface area contributed by atoms with Crippen molar-refractivity contribution in [3.8, 4) is 11.1 Å². The third-order valence-electron chi connectivity index (χ3n) is 3.29. The minimum Gasteiger partial charge on any atom is -0.310 e. The van der Waals surface area contributed by atoms with Crippen molar-refractivity contribution in [1.82, 2.24) is 10.3 Å². The molecule has 1 fully saturated rings. The predicted molar refractivity (Wildman–Crippen MR) is 69.5 cm³/mol. The van der Waals surface area contributed by atoms with Gasteiger partial charge in [0, 0.05) is 29.9 Å². The van der Waals surface area contributed by atoms with Gasteiger partial charge < -0.3 is 5.32 Å². The van der Waals surface area contributed by atoms with Crippen LogP contribution in [0.15, 0.2) is 36.7 Å². The lowest BCUT2D eigenvalue weighted by Gasteiger charge is -2.08. The van der Waals surface area contributed by atoms with Gasteiger partial charge in [0.15, 0.2) is 0 Å². The second kappa shape index (κ2) is 5.05. The van der Waals surface area contributed by atoms with Crippen LogP contribution in [-0.2, 0) is 6.54 Å². The van der Waals surface area contributed by atoms with Gasteiger partial charge in [-0.25, -0.2) is 8.78 Å². The number of pyridine rings is 1. The number of rotatable bonds is 4. The van der Waals surface area contributed by atoms with E-state index in [0.717, 1.165) is 12.8 Å². The van der Waals surface area contributed by atoms with Crippen LogP contribution in [0.25, 0.3) is 11.1 Å². The maximum absolute atomic E-state index is 13.7. The number of nitrogens with one attached hydrogen (secondary N) is 1. The van der Waals surface area contributed by atoms with E-state index in [1.807, 2.05) is 0 Å². The van der Waals surface area contributed by atoms with Crippen molar-refractivity contribution in [2.75, 3.05) is 0 Å². The Bertz CT molecular complexity index is 594. The number of hydrogen-bond donors (Lipinski definition) is 1. The van der Waals surface area contributed by atoms with E-state index in [0.29, 0.717) is 29.3 Å². The van der Waals surface area contributed by atoms with Crippen molar-refractivity contribution < 1.29 is 8.78 Å². The summed E-state index contributed by atoms with van der Waals surface area (Å²) in [6.07, 6.45) is 5.01. The first-order chi connectivity index (χ1) is 9.24. The fourth-order valence-electron chi connectivity index (χ4n) is 2.03. The molecule has 2 aromatic rings. The van der Waals surface area contributed by atoms with Crippen LogP contribution in [0.1, 0.15) is 18.4 Å². The van der Waals surface area contributed by atoms with E-state index in [-0.39, 0.29) is 5.82 Å². The van der Waals surface area contributed by atoms with Gasteiger partial charge in [-0.15, -0.1) is 0 Å². The minimum atomic E-state index is -0.393. The van der Waals surface area contributed by atoms with Gasteiger partial charge >= 0.3 is 0 Å². The van der Waals surface area contributed by atoms with Crippen molar-refractivity contribution in [3.63, 3.8) is 0 Å². The zero-order chi connectivity index (χ0) is 13.2. The Morgan fingerprint density at radius 1 is 1.16 bits per heavy atom. The molecule has 0 bridgehead atoms. The molecule has 0 unspecified atom stereocenters. The summed E-state index contributed by atoms with van der Waals surface area (Å²) in [6.45, 7) is 0.483. The average Bonchev–Trinajstić information content (AvgIpc) is 3.23. The molecule has 1 aromatic heterocycles. The molecule has 1 saturated carbocycles. The SMILES string of the molecule is Fc1ccc(-c2ccncc2F)cc1CNC1CC1. The molecule has 0 amide bonds. The number of aromatic nitrogens is 1. The number of hydrogen-bond acceptors (Lipinski definition) is 2. The first-order valence-corrected chi connectivity index (χ1v) is 6.36. The molecular weight excluding hydrogens is 246 g/mol. The molecule has 0 aliphatic heterocycles. The maximum Gasteiger partial charge on any atom is 0.149 e. The zero-order valence-corrected chi connectivity index (χ0v) is 10.4. The van der Waals surface area contributed by atoms with Gasteiger partial charge in [0.25, 0.3) is 0 Å². The number of halogens is 2. The summed E-state index contributed by atoms with van der Waals surface area (Å²) in [6, 6.07) is 6.79. The topological polar surface area (TPSA) is 24.9 Å². The molecular formula is C15H14F2N2. The van der Waals surface area contributed by atoms with Gasteiger partial charge in [0.2, 0.25) is 0 Å². The van der Waals surface area contributed by atoms with E-state index in [4.69, 9.17) is 0 Å². The highest BCUT2D eigenvalue weighted by Gasteiger charge is 2.20. The molecule has 19 heavy (non-hydrogen) atoms. The second-order valence-electron chi connectivity index (χ2n) is 4.82. The van der Waals surface area contributed by atoms with Crippen LogP contribution in [0.4, 0.5) is 8.78 Å². The normalized spacial score (nSPS) is 14.6. The summed E-state index contributed by atoms with van der Waals surface area (Å²) < 4.78 is 27.4. The molecule has 0 atom stereocenters. The Morgan fingerprint density at radius 3 is 2.74 bits per heavy atom. The summed E-state index contributed by atoms with van der Waals surface area (Å²) in [4.78, 5) is 3.72. The third-order valence-corrected chi connectivity index (χ3v) is 3.29. The predicted octanol–water partition coefficient (Wildman–Crippen LogP) is 3.28. The Kier molecular flexibility index (Phi) is 3.25. The van der Waals surface area contributed by atoms with E-state index >= 15 is 0 Å². The summed E-state index contributed by atoms with van der Waals surface area (Å²) in [5, 5.41) is 3.26. The van der Waals surface area contributed by atoms with Crippen LogP contribution in [0.3, 0.4) is 0 Å². The Balaban J connectivity index is 1.89. The van der Waals surface area contributed by atoms with E-state index in [9.17, 15) is 8.78 Å². The van der Waals surface area contributed by atoms with Crippen LogP contribution in [0, 0.1) is 11.6 Å². The Labute approximate surface area is 110 Å². The lowest BCUT2D eigenvalue weighted by Crippen LogP contribution is -2.16. The fourth-order valence-corrected chi connectivity index (χ4v) is 2.03. The van der Waals surface area contributed by atoms with Gasteiger partial charge in [0.05, 0.1) is 6.20 Å². The standard InChI is InChI=1S/C15H14F2N2/c16-14-4-1-10(13-5-6-18-9-15(13)17)7-11(14)8-19-12-2-3-12/h1,4-7,9,12,19H,2-3,8H2. The van der Waals surface area contributed by atoms with Crippen LogP contribution in [0.5, 0.6) is 0 Å². The highest BCUT2D eigenvalue weighted by Crippen LogP contribution is 2.25. The third kappa shape index (κ3) is 2.79. The fraction of sp³-hybridized carbons (Fsp3) is 0.267. The van der Waals surface area contributed by atoms with Gasteiger partial charge in [-0.05, 0) is 36.6 Å². The Morgan fingerprint density at radius 2 is 2.00 bits per heavy atom. The van der Waals surface area contributed by atoms with Gasteiger partial charge in [-0.3, -0.25) is 4.98 Å². The maximum atomic E-state index is 13.7. The van der Waals surface area contributed by atoms with E-state index < -0.39 is 5.82 Å². The highest BCUT2D eigenvalue weighted by atomic mass is 19.1. The smallest absolute Gasteiger partial charge is 0.149 e. The lowest BCUT2D eigenvalue weighted by molar-refractivity contribution is 0.587. The summed E-state index contributed by atoms with van der Waals surface area (Å²) in [5.41, 5.74) is 1.69. The molecule has 1 N–H and O–H groups in total. The average molecular weight is 260 g/mol. The second-order valence-corrected chi connectivity index (χ2v) is 4.82. The monoisotopic (exact) mass is 260 g/mol. The van der Waals surface area contributed by atoms with E-state index in [1.165, 1.54) is 18.5 Å². The molecule has 2 nitrogen and oxygen atoms in total. The van der Waals surface area contributed by atoms with Crippen molar-refractivity contribution in [3.05, 3.63) is 53.9 Å². The molecule has 1 aromatic carbocycles. The largest absolute Gasteiger partial charge is 0.310 e. The molecule has 4 heteroatoms. The van der Waals surface area contributed by atoms with E-state index in [1.54, 1.807) is 18.2 Å². The Hall–Kier alpha value is -1.81. The van der Waals surface area contributed by atoms with Crippen LogP contribution < -0.4 is 5.32 Å². The van der Waals surface area contributed by atoms with Crippen molar-refractivity contribution >= 4 is 0 Å². The number of benzene rings is 1. The number of nitrogens with zero attached hydrogens (tertiary/aromatic N) is 1. The highest BCUT2D eigenvalue weighted by molar-refractivity contribution is 5.64. The molecule has 1 aliphatic rings. The zero-order valence-electron chi connectivity index (χ0n) is 10.4. The minimum absolute atomic E-state index is 0.258. The van der Waals surface area contributed by atoms with Crippen molar-refractivity contribution in [2.45, 2.75) is 25.4 Å². The van der Waals surface area contributed by atoms with Gasteiger partial charge in [0.1, 0.15) is 11.6 Å². The first kappa shape index (κ1) is 12.2. The van der Waals surface area contributed by atoms with Crippen LogP contribution >= 0.6 is 0 Å². The van der Waals surface area contributed by atoms with Gasteiger partial charge in [-0.1, -0.05) is 6.07 Å². The molecule has 0 radical (unpaired) electrons. The van der Waals surface area contributed by atoms with Crippen molar-refractivity contribution in [2.24, 2.45) is 0 Å². The van der Waals surface area contributed by atoms with Crippen molar-refractivity contribution in [1.29, 1.82) is 0 Å². The van der Waals surface area contributed by atoms with Crippen LogP contribution in [-0.4, -0.2) is 11.0 Å². The summed E-state index contributed by atoms with van der Waals surface area (Å²) in [5.74, 6) is -0.651. The first-order valence-electron chi connectivity index (χ1n) is 6.36. The molecule has 1 aliphatic carbocycles. The lowest BCUT2D eigenvalue weighted by atomic mass is 10.0. The molecule has 0 spiro atoms. The molecule has 98 valence electrons. The summed E-state index contributed by atoms with van der Waals surface area (Å²) >= 11 is 0. The summed E-state index contributed by atoms with van der Waals surface area (Å²) in [7, 11) is 0. The van der Waals surface area contributed by atoms with Crippen LogP contribution in [0.2, 0.25) is 0 Å². The molecule has 3 rings (SSSR count). The molecule has 0 saturated heterocycles. The van der Waals surface area contributed by atoms with E-state index in [2.05, 4.69) is 10.3 Å². The quantitative estimate of drug-likeness (QED) is 0.912. The molecule has 1 heterocycles. The van der Waals surface area contributed by atoms with Gasteiger partial charge in [-0.2, -0.15) is 0 Å².